The fourth-order valence-electron chi connectivity index (χ4n) is 1.64. The zero-order valence-corrected chi connectivity index (χ0v) is 13.7. The molecule has 108 valence electrons. The number of thiazole rings is 1. The van der Waals surface area contributed by atoms with E-state index < -0.39 is 11.9 Å². The standard InChI is InChI=1S/C12H14N2O3S3/c1-6(2)14(12-13-7(3)4-18-12)9(15)8(10(16)17)11-19-5-20-11/h4,6H,5H2,1-3H3,(H,16,17). The average molecular weight is 330 g/mol. The van der Waals surface area contributed by atoms with Gasteiger partial charge >= 0.3 is 5.97 Å². The van der Waals surface area contributed by atoms with E-state index in [4.69, 9.17) is 0 Å². The molecule has 0 spiro atoms. The summed E-state index contributed by atoms with van der Waals surface area (Å²) in [6.07, 6.45) is 0. The maximum absolute atomic E-state index is 12.6. The number of amides is 1. The fourth-order valence-corrected chi connectivity index (χ4v) is 4.16. The third-order valence-electron chi connectivity index (χ3n) is 2.56. The third-order valence-corrected chi connectivity index (χ3v) is 6.10. The van der Waals surface area contributed by atoms with Gasteiger partial charge in [0.2, 0.25) is 0 Å². The molecular weight excluding hydrogens is 316 g/mol. The van der Waals surface area contributed by atoms with Gasteiger partial charge in [-0.1, -0.05) is 0 Å². The highest BCUT2D eigenvalue weighted by molar-refractivity contribution is 8.37. The predicted molar refractivity (Wildman–Crippen MR) is 84.2 cm³/mol. The molecule has 2 heterocycles. The van der Waals surface area contributed by atoms with Crippen LogP contribution in [0.3, 0.4) is 0 Å². The minimum atomic E-state index is -1.18. The Labute approximate surface area is 129 Å². The zero-order chi connectivity index (χ0) is 14.9. The summed E-state index contributed by atoms with van der Waals surface area (Å²) in [5.41, 5.74) is 0.674. The van der Waals surface area contributed by atoms with Crippen molar-refractivity contribution in [2.24, 2.45) is 0 Å². The van der Waals surface area contributed by atoms with Crippen molar-refractivity contribution in [3.05, 3.63) is 20.9 Å². The van der Waals surface area contributed by atoms with E-state index in [0.717, 1.165) is 10.8 Å². The highest BCUT2D eigenvalue weighted by Gasteiger charge is 2.33. The van der Waals surface area contributed by atoms with Crippen LogP contribution in [0, 0.1) is 6.92 Å². The fraction of sp³-hybridized carbons (Fsp3) is 0.417. The summed E-state index contributed by atoms with van der Waals surface area (Å²) < 4.78 is 0.585. The average Bonchev–Trinajstić information content (AvgIpc) is 2.68. The number of anilines is 1. The molecule has 8 heteroatoms. The summed E-state index contributed by atoms with van der Waals surface area (Å²) in [5, 5.41) is 12.5. The van der Waals surface area contributed by atoms with Gasteiger partial charge in [-0.25, -0.2) is 9.78 Å². The number of carbonyl (C=O) groups is 2. The molecular formula is C12H14N2O3S3. The molecule has 0 saturated carbocycles. The monoisotopic (exact) mass is 330 g/mol. The van der Waals surface area contributed by atoms with Gasteiger partial charge < -0.3 is 5.11 Å². The molecule has 0 aromatic carbocycles. The second-order valence-electron chi connectivity index (χ2n) is 4.41. The van der Waals surface area contributed by atoms with Crippen LogP contribution < -0.4 is 4.90 Å². The van der Waals surface area contributed by atoms with Gasteiger partial charge in [0.1, 0.15) is 5.57 Å². The van der Waals surface area contributed by atoms with Crippen LogP contribution >= 0.6 is 34.9 Å². The van der Waals surface area contributed by atoms with Crippen molar-refractivity contribution in [3.63, 3.8) is 0 Å². The summed E-state index contributed by atoms with van der Waals surface area (Å²) in [6, 6.07) is -0.155. The molecule has 1 aliphatic rings. The Morgan fingerprint density at radius 2 is 2.05 bits per heavy atom. The van der Waals surface area contributed by atoms with Crippen molar-refractivity contribution in [1.29, 1.82) is 0 Å². The first-order valence-electron chi connectivity index (χ1n) is 5.90. The van der Waals surface area contributed by atoms with Gasteiger partial charge in [0.15, 0.2) is 5.13 Å². The SMILES string of the molecule is Cc1csc(N(C(=O)C(C(=O)O)=C2SCS2)C(C)C)n1. The van der Waals surface area contributed by atoms with E-state index in [2.05, 4.69) is 4.98 Å². The normalized spacial score (nSPS) is 14.1. The Morgan fingerprint density at radius 3 is 2.40 bits per heavy atom. The molecule has 0 unspecified atom stereocenters. The van der Waals surface area contributed by atoms with Crippen LogP contribution in [-0.2, 0) is 9.59 Å². The molecule has 1 fully saturated rings. The Balaban J connectivity index is 2.39. The topological polar surface area (TPSA) is 70.5 Å². The first-order valence-corrected chi connectivity index (χ1v) is 8.75. The number of carbonyl (C=O) groups excluding carboxylic acids is 1. The first-order chi connectivity index (χ1) is 9.41. The van der Waals surface area contributed by atoms with E-state index >= 15 is 0 Å². The largest absolute Gasteiger partial charge is 0.477 e. The minimum absolute atomic E-state index is 0.146. The van der Waals surface area contributed by atoms with Crippen LogP contribution in [0.25, 0.3) is 0 Å². The molecule has 5 nitrogen and oxygen atoms in total. The molecule has 0 radical (unpaired) electrons. The summed E-state index contributed by atoms with van der Waals surface area (Å²) in [6.45, 7) is 5.54. The quantitative estimate of drug-likeness (QED) is 0.520. The molecule has 1 amide bonds. The van der Waals surface area contributed by atoms with E-state index in [1.807, 2.05) is 26.2 Å². The van der Waals surface area contributed by atoms with Crippen LogP contribution in [0.15, 0.2) is 15.2 Å². The number of carboxylic acid groups (broad SMARTS) is 1. The van der Waals surface area contributed by atoms with E-state index in [-0.39, 0.29) is 11.6 Å². The van der Waals surface area contributed by atoms with E-state index in [1.54, 1.807) is 0 Å². The van der Waals surface area contributed by atoms with Crippen molar-refractivity contribution in [3.8, 4) is 0 Å². The number of aryl methyl sites for hydroxylation is 1. The van der Waals surface area contributed by atoms with Crippen molar-refractivity contribution in [2.75, 3.05) is 9.98 Å². The van der Waals surface area contributed by atoms with Crippen LogP contribution in [0.4, 0.5) is 5.13 Å². The van der Waals surface area contributed by atoms with Gasteiger partial charge in [0.05, 0.1) is 9.93 Å². The number of hydrogen-bond acceptors (Lipinski definition) is 6. The molecule has 1 aromatic rings. The lowest BCUT2D eigenvalue weighted by atomic mass is 10.2. The number of aliphatic carboxylic acids is 1. The van der Waals surface area contributed by atoms with Gasteiger partial charge in [0, 0.05) is 16.5 Å². The number of aromatic nitrogens is 1. The Hall–Kier alpha value is -0.990. The molecule has 1 saturated heterocycles. The molecule has 0 bridgehead atoms. The summed E-state index contributed by atoms with van der Waals surface area (Å²) in [5.74, 6) is -1.67. The van der Waals surface area contributed by atoms with E-state index in [9.17, 15) is 14.7 Å². The maximum atomic E-state index is 12.6. The van der Waals surface area contributed by atoms with Crippen molar-refractivity contribution in [1.82, 2.24) is 4.98 Å². The molecule has 2 rings (SSSR count). The van der Waals surface area contributed by atoms with Crippen LogP contribution in [0.2, 0.25) is 0 Å². The van der Waals surface area contributed by atoms with Crippen molar-refractivity contribution in [2.45, 2.75) is 26.8 Å². The molecule has 1 aliphatic heterocycles. The highest BCUT2D eigenvalue weighted by Crippen LogP contribution is 2.46. The summed E-state index contributed by atoms with van der Waals surface area (Å²) in [4.78, 5) is 29.7. The van der Waals surface area contributed by atoms with Gasteiger partial charge in [-0.3, -0.25) is 9.69 Å². The highest BCUT2D eigenvalue weighted by atomic mass is 32.3. The number of rotatable bonds is 4. The van der Waals surface area contributed by atoms with Gasteiger partial charge in [0.25, 0.3) is 5.91 Å². The van der Waals surface area contributed by atoms with Gasteiger partial charge in [-0.05, 0) is 20.8 Å². The maximum Gasteiger partial charge on any atom is 0.343 e. The zero-order valence-electron chi connectivity index (χ0n) is 11.2. The lowest BCUT2D eigenvalue weighted by Crippen LogP contribution is -2.40. The smallest absolute Gasteiger partial charge is 0.343 e. The van der Waals surface area contributed by atoms with E-state index in [0.29, 0.717) is 9.37 Å². The molecule has 1 N–H and O–H groups in total. The second-order valence-corrected chi connectivity index (χ2v) is 7.85. The van der Waals surface area contributed by atoms with Crippen molar-refractivity contribution >= 4 is 51.9 Å². The van der Waals surface area contributed by atoms with Crippen LogP contribution in [0.1, 0.15) is 19.5 Å². The second kappa shape index (κ2) is 6.19. The molecule has 1 aromatic heterocycles. The molecule has 0 aliphatic carbocycles. The Morgan fingerprint density at radius 1 is 1.40 bits per heavy atom. The Bertz CT molecular complexity index is 574. The van der Waals surface area contributed by atoms with Crippen molar-refractivity contribution < 1.29 is 14.7 Å². The number of thioether (sulfide) groups is 2. The Kier molecular flexibility index (Phi) is 4.77. The van der Waals surface area contributed by atoms with Gasteiger partial charge in [-0.15, -0.1) is 34.9 Å². The van der Waals surface area contributed by atoms with Crippen LogP contribution in [-0.4, -0.2) is 33.1 Å². The van der Waals surface area contributed by atoms with E-state index in [1.165, 1.54) is 39.8 Å². The third kappa shape index (κ3) is 3.02. The number of hydrogen-bond donors (Lipinski definition) is 1. The summed E-state index contributed by atoms with van der Waals surface area (Å²) in [7, 11) is 0. The summed E-state index contributed by atoms with van der Waals surface area (Å²) >= 11 is 4.14. The molecule has 20 heavy (non-hydrogen) atoms. The first kappa shape index (κ1) is 15.4. The molecule has 0 atom stereocenters. The van der Waals surface area contributed by atoms with Crippen LogP contribution in [0.5, 0.6) is 0 Å². The predicted octanol–water partition coefficient (Wildman–Crippen LogP) is 2.93. The van der Waals surface area contributed by atoms with Gasteiger partial charge in [-0.2, -0.15) is 0 Å². The number of nitrogens with zero attached hydrogens (tertiary/aromatic N) is 2. The lowest BCUT2D eigenvalue weighted by molar-refractivity contribution is -0.134. The minimum Gasteiger partial charge on any atom is -0.477 e. The number of carboxylic acids is 1. The lowest BCUT2D eigenvalue weighted by Gasteiger charge is -2.26.